The van der Waals surface area contributed by atoms with Gasteiger partial charge in [0.1, 0.15) is 11.5 Å². The molecule has 0 aliphatic carbocycles. The quantitative estimate of drug-likeness (QED) is 0.173. The molecule has 0 aliphatic heterocycles. The summed E-state index contributed by atoms with van der Waals surface area (Å²) in [7, 11) is 0. The van der Waals surface area contributed by atoms with Gasteiger partial charge in [0.05, 0.1) is 35.7 Å². The second kappa shape index (κ2) is 11.9. The van der Waals surface area contributed by atoms with Gasteiger partial charge >= 0.3 is 5.63 Å². The number of hydrogen-bond donors (Lipinski definition) is 1. The van der Waals surface area contributed by atoms with Crippen LogP contribution < -0.4 is 5.63 Å². The molecule has 0 bridgehead atoms. The highest BCUT2D eigenvalue weighted by Gasteiger charge is 2.28. The molecule has 2 aromatic heterocycles. The van der Waals surface area contributed by atoms with E-state index in [-0.39, 0.29) is 34.1 Å². The summed E-state index contributed by atoms with van der Waals surface area (Å²) in [5.41, 5.74) is 2.71. The summed E-state index contributed by atoms with van der Waals surface area (Å²) in [6, 6.07) is 21.8. The van der Waals surface area contributed by atoms with Crippen LogP contribution in [0.25, 0.3) is 42.6 Å². The Morgan fingerprint density at radius 1 is 0.860 bits per heavy atom. The van der Waals surface area contributed by atoms with Crippen LogP contribution in [0.4, 0.5) is 0 Å². The fraction of sp³-hybridized carbons (Fsp3) is 0.0909. The highest BCUT2D eigenvalue weighted by molar-refractivity contribution is 9.10. The van der Waals surface area contributed by atoms with E-state index in [2.05, 4.69) is 15.9 Å². The number of carbonyl (C=O) groups excluding carboxylic acids is 1. The van der Waals surface area contributed by atoms with Crippen molar-refractivity contribution >= 4 is 101 Å². The van der Waals surface area contributed by atoms with E-state index in [4.69, 9.17) is 50.8 Å². The Bertz CT molecular complexity index is 2140. The Morgan fingerprint density at radius 3 is 2.14 bits per heavy atom. The van der Waals surface area contributed by atoms with Crippen molar-refractivity contribution in [2.45, 2.75) is 19.3 Å². The molecule has 1 unspecified atom stereocenters. The third-order valence-corrected chi connectivity index (χ3v) is 10.5. The van der Waals surface area contributed by atoms with E-state index in [9.17, 15) is 14.7 Å². The summed E-state index contributed by atoms with van der Waals surface area (Å²) in [5, 5.41) is 14.2. The monoisotopic (exact) mass is 730 g/mol. The lowest BCUT2D eigenvalue weighted by molar-refractivity contribution is -0.117. The van der Waals surface area contributed by atoms with Crippen LogP contribution >= 0.6 is 73.7 Å². The minimum Gasteiger partial charge on any atom is -0.507 e. The first-order chi connectivity index (χ1) is 20.5. The van der Waals surface area contributed by atoms with Gasteiger partial charge in [-0.3, -0.25) is 4.79 Å². The summed E-state index contributed by atoms with van der Waals surface area (Å²) < 4.78 is 7.61. The first-order valence-corrected chi connectivity index (χ1v) is 16.1. The number of carbonyl (C=O) groups is 1. The van der Waals surface area contributed by atoms with E-state index >= 15 is 0 Å². The Morgan fingerprint density at radius 2 is 1.49 bits per heavy atom. The molecule has 4 nitrogen and oxygen atoms in total. The van der Waals surface area contributed by atoms with Gasteiger partial charge in [0, 0.05) is 32.6 Å². The van der Waals surface area contributed by atoms with Crippen LogP contribution in [-0.2, 0) is 4.79 Å². The second-order valence-corrected chi connectivity index (χ2v) is 13.6. The lowest BCUT2D eigenvalue weighted by atomic mass is 9.87. The van der Waals surface area contributed by atoms with Crippen molar-refractivity contribution < 1.29 is 14.3 Å². The first-order valence-electron chi connectivity index (χ1n) is 12.9. The fourth-order valence-electron chi connectivity index (χ4n) is 5.27. The molecule has 1 N–H and O–H groups in total. The predicted molar refractivity (Wildman–Crippen MR) is 182 cm³/mol. The summed E-state index contributed by atoms with van der Waals surface area (Å²) in [6.45, 7) is 1.42. The number of aromatic hydroxyl groups is 1. The lowest BCUT2D eigenvalue weighted by Crippen LogP contribution is -2.16. The lowest BCUT2D eigenvalue weighted by Gasteiger charge is -2.18. The van der Waals surface area contributed by atoms with Gasteiger partial charge in [-0.05, 0) is 66.1 Å². The molecule has 10 heteroatoms. The smallest absolute Gasteiger partial charge is 0.343 e. The molecular formula is C33H19BrCl4O4S. The van der Waals surface area contributed by atoms with Gasteiger partial charge in [0.25, 0.3) is 0 Å². The van der Waals surface area contributed by atoms with Crippen molar-refractivity contribution in [2.24, 2.45) is 0 Å². The summed E-state index contributed by atoms with van der Waals surface area (Å²) >= 11 is 30.0. The largest absolute Gasteiger partial charge is 0.507 e. The van der Waals surface area contributed by atoms with Crippen LogP contribution in [0.3, 0.4) is 0 Å². The number of ketones is 1. The van der Waals surface area contributed by atoms with Gasteiger partial charge in [-0.1, -0.05) is 92.7 Å². The minimum absolute atomic E-state index is 0.0187. The van der Waals surface area contributed by atoms with E-state index in [0.717, 1.165) is 31.4 Å². The molecule has 6 aromatic rings. The van der Waals surface area contributed by atoms with Gasteiger partial charge in [0.2, 0.25) is 0 Å². The average molecular weight is 733 g/mol. The Balaban J connectivity index is 1.63. The van der Waals surface area contributed by atoms with E-state index in [1.165, 1.54) is 18.3 Å². The number of fused-ring (bicyclic) bond motifs is 3. The predicted octanol–water partition coefficient (Wildman–Crippen LogP) is 11.5. The van der Waals surface area contributed by atoms with Gasteiger partial charge in [-0.15, -0.1) is 11.3 Å². The van der Waals surface area contributed by atoms with Crippen LogP contribution in [0, 0.1) is 0 Å². The van der Waals surface area contributed by atoms with Crippen LogP contribution in [0.1, 0.15) is 30.4 Å². The molecule has 0 aliphatic rings. The fourth-order valence-corrected chi connectivity index (χ4v) is 7.45. The van der Waals surface area contributed by atoms with Gasteiger partial charge < -0.3 is 9.52 Å². The minimum atomic E-state index is -0.794. The van der Waals surface area contributed by atoms with Gasteiger partial charge in [-0.25, -0.2) is 4.79 Å². The van der Waals surface area contributed by atoms with Crippen LogP contribution in [0.2, 0.25) is 20.1 Å². The van der Waals surface area contributed by atoms with Crippen molar-refractivity contribution in [3.8, 4) is 27.3 Å². The summed E-state index contributed by atoms with van der Waals surface area (Å²) in [4.78, 5) is 26.9. The summed E-state index contributed by atoms with van der Waals surface area (Å²) in [6.07, 6.45) is -0.0434. The van der Waals surface area contributed by atoms with E-state index in [1.54, 1.807) is 36.4 Å². The number of hydrogen-bond acceptors (Lipinski definition) is 5. The zero-order valence-electron chi connectivity index (χ0n) is 22.2. The number of thiophene rings is 1. The molecule has 2 heterocycles. The molecule has 216 valence electrons. The Hall–Kier alpha value is -2.84. The van der Waals surface area contributed by atoms with Crippen LogP contribution in [0.5, 0.6) is 5.75 Å². The van der Waals surface area contributed by atoms with Crippen molar-refractivity contribution in [1.82, 2.24) is 0 Å². The second-order valence-electron chi connectivity index (χ2n) is 10.0. The van der Waals surface area contributed by atoms with Gasteiger partial charge in [-0.2, -0.15) is 0 Å². The van der Waals surface area contributed by atoms with Crippen molar-refractivity contribution in [3.63, 3.8) is 0 Å². The zero-order chi connectivity index (χ0) is 30.6. The molecular weight excluding hydrogens is 714 g/mol. The maximum absolute atomic E-state index is 13.7. The maximum atomic E-state index is 13.7. The number of rotatable bonds is 6. The normalized spacial score (nSPS) is 12.2. The highest BCUT2D eigenvalue weighted by atomic mass is 79.9. The Labute approximate surface area is 278 Å². The molecule has 0 radical (unpaired) electrons. The number of benzene rings is 4. The molecule has 6 rings (SSSR count). The summed E-state index contributed by atoms with van der Waals surface area (Å²) in [5.74, 6) is -1.22. The van der Waals surface area contributed by atoms with E-state index in [1.807, 2.05) is 36.4 Å². The average Bonchev–Trinajstić information content (AvgIpc) is 3.36. The molecule has 1 atom stereocenters. The van der Waals surface area contributed by atoms with E-state index in [0.29, 0.717) is 30.7 Å². The van der Waals surface area contributed by atoms with E-state index < -0.39 is 11.5 Å². The third-order valence-electron chi connectivity index (χ3n) is 7.24. The molecule has 4 aromatic carbocycles. The number of halogens is 5. The molecule has 0 amide bonds. The molecule has 0 fully saturated rings. The van der Waals surface area contributed by atoms with Crippen molar-refractivity contribution in [1.29, 1.82) is 0 Å². The van der Waals surface area contributed by atoms with Crippen LogP contribution in [0.15, 0.2) is 86.5 Å². The Kier molecular flexibility index (Phi) is 8.37. The molecule has 0 saturated carbocycles. The standard InChI is InChI=1S/C33H19BrCl4O4S/c1-15(39)12-22(17-4-10-23(35)25(37)13-17)28-29(40)21-9-8-20-27(18-5-11-24(36)26(38)14-18)31(16-2-6-19(34)7-3-16)43-32(20)30(21)42-33(28)41/h2-11,13-14,22,40H,12H2,1H3. The molecule has 43 heavy (non-hydrogen) atoms. The topological polar surface area (TPSA) is 67.5 Å². The first kappa shape index (κ1) is 30.2. The molecule has 0 spiro atoms. The molecule has 0 saturated heterocycles. The van der Waals surface area contributed by atoms with Crippen molar-refractivity contribution in [3.05, 3.63) is 119 Å². The number of Topliss-reactive ketones (excluding diaryl/α,β-unsaturated/α-hetero) is 1. The highest BCUT2D eigenvalue weighted by Crippen LogP contribution is 2.49. The zero-order valence-corrected chi connectivity index (χ0v) is 27.6. The SMILES string of the molecule is CC(=O)CC(c1ccc(Cl)c(Cl)c1)c1c(O)c2ccc3c(-c4ccc(Cl)c(Cl)c4)c(-c4ccc(Br)cc4)sc3c2oc1=O. The van der Waals surface area contributed by atoms with Crippen LogP contribution in [-0.4, -0.2) is 10.9 Å². The maximum Gasteiger partial charge on any atom is 0.343 e. The van der Waals surface area contributed by atoms with Crippen molar-refractivity contribution in [2.75, 3.05) is 0 Å². The third kappa shape index (κ3) is 5.61. The van der Waals surface area contributed by atoms with Gasteiger partial charge in [0.15, 0.2) is 5.58 Å².